The summed E-state index contributed by atoms with van der Waals surface area (Å²) in [5.41, 5.74) is 0.874. The van der Waals surface area contributed by atoms with Crippen molar-refractivity contribution in [3.05, 3.63) is 63.7 Å². The van der Waals surface area contributed by atoms with Crippen LogP contribution < -0.4 is 5.32 Å². The van der Waals surface area contributed by atoms with E-state index in [-0.39, 0.29) is 58.6 Å². The lowest BCUT2D eigenvalue weighted by molar-refractivity contribution is -0.133. The summed E-state index contributed by atoms with van der Waals surface area (Å²) in [6, 6.07) is 10.4. The maximum absolute atomic E-state index is 15.4. The fourth-order valence-corrected chi connectivity index (χ4v) is 8.14. The van der Waals surface area contributed by atoms with Crippen molar-refractivity contribution in [3.8, 4) is 0 Å². The normalized spacial score (nSPS) is 24.5. The molecule has 0 unspecified atom stereocenters. The van der Waals surface area contributed by atoms with Crippen molar-refractivity contribution in [2.75, 3.05) is 31.6 Å². The van der Waals surface area contributed by atoms with Crippen molar-refractivity contribution in [2.24, 2.45) is 5.92 Å². The summed E-state index contributed by atoms with van der Waals surface area (Å²) in [6.07, 6.45) is 8.84. The number of carbonyl (C=O) groups excluding carboxylic acids is 3. The third kappa shape index (κ3) is 7.01. The smallest absolute Gasteiger partial charge is 0.257 e. The summed E-state index contributed by atoms with van der Waals surface area (Å²) in [6.45, 7) is 3.12. The van der Waals surface area contributed by atoms with Crippen LogP contribution in [0.5, 0.6) is 0 Å². The van der Waals surface area contributed by atoms with Gasteiger partial charge >= 0.3 is 0 Å². The number of carbonyl (C=O) groups is 3. The van der Waals surface area contributed by atoms with Crippen LogP contribution >= 0.6 is 22.9 Å². The third-order valence-electron chi connectivity index (χ3n) is 9.51. The Morgan fingerprint density at radius 1 is 1.09 bits per heavy atom. The van der Waals surface area contributed by atoms with Gasteiger partial charge < -0.3 is 19.7 Å². The molecule has 0 bridgehead atoms. The monoisotopic (exact) mass is 639 g/mol. The molecule has 3 aliphatic rings. The van der Waals surface area contributed by atoms with Gasteiger partial charge in [0.15, 0.2) is 0 Å². The number of piperidine rings is 1. The van der Waals surface area contributed by atoms with E-state index in [4.69, 9.17) is 16.3 Å². The second-order valence-corrected chi connectivity index (χ2v) is 13.7. The van der Waals surface area contributed by atoms with E-state index in [2.05, 4.69) is 10.2 Å². The molecule has 3 heterocycles. The van der Waals surface area contributed by atoms with Gasteiger partial charge in [0.2, 0.25) is 5.91 Å². The van der Waals surface area contributed by atoms with Gasteiger partial charge in [0.25, 0.3) is 5.91 Å². The molecule has 2 aromatic carbocycles. The molecule has 1 N–H and O–H groups in total. The van der Waals surface area contributed by atoms with Crippen LogP contribution in [0, 0.1) is 11.7 Å². The number of anilines is 1. The number of halogens is 2. The fourth-order valence-electron chi connectivity index (χ4n) is 6.97. The number of nitrogens with zero attached hydrogens (tertiary/aromatic N) is 2. The fraction of sp³-hybridized carbons (Fsp3) is 0.500. The molecule has 1 aromatic heterocycles. The first-order valence-corrected chi connectivity index (χ1v) is 17.0. The van der Waals surface area contributed by atoms with E-state index >= 15 is 4.39 Å². The van der Waals surface area contributed by atoms with E-state index in [9.17, 15) is 14.4 Å². The topological polar surface area (TPSA) is 79.0 Å². The Hall–Kier alpha value is -2.85. The molecule has 2 aliphatic heterocycles. The number of benzene rings is 2. The number of rotatable bonds is 9. The number of likely N-dealkylation sites (tertiary alicyclic amines) is 2. The summed E-state index contributed by atoms with van der Waals surface area (Å²) in [5, 5.41) is 5.53. The van der Waals surface area contributed by atoms with E-state index in [1.54, 1.807) is 5.38 Å². The van der Waals surface area contributed by atoms with Crippen LogP contribution in [-0.4, -0.2) is 72.3 Å². The predicted octanol–water partition coefficient (Wildman–Crippen LogP) is 6.72. The molecule has 44 heavy (non-hydrogen) atoms. The van der Waals surface area contributed by atoms with Gasteiger partial charge in [-0.3, -0.25) is 14.5 Å². The largest absolute Gasteiger partial charge is 0.376 e. The zero-order valence-corrected chi connectivity index (χ0v) is 26.4. The van der Waals surface area contributed by atoms with Crippen LogP contribution in [0.15, 0.2) is 41.8 Å². The Kier molecular flexibility index (Phi) is 9.95. The Balaban J connectivity index is 1.13. The summed E-state index contributed by atoms with van der Waals surface area (Å²) >= 11 is 7.99. The van der Waals surface area contributed by atoms with E-state index in [0.717, 1.165) is 61.6 Å². The minimum Gasteiger partial charge on any atom is -0.376 e. The Morgan fingerprint density at radius 2 is 1.86 bits per heavy atom. The highest BCUT2D eigenvalue weighted by Crippen LogP contribution is 2.32. The Labute approximate surface area is 266 Å². The van der Waals surface area contributed by atoms with Gasteiger partial charge in [-0.2, -0.15) is 0 Å². The molecule has 0 radical (unpaired) electrons. The summed E-state index contributed by atoms with van der Waals surface area (Å²) in [5.74, 6) is -0.977. The number of fused-ring (bicyclic) bond motifs is 1. The molecule has 3 fully saturated rings. The van der Waals surface area contributed by atoms with E-state index < -0.39 is 5.82 Å². The highest BCUT2D eigenvalue weighted by atomic mass is 35.5. The van der Waals surface area contributed by atoms with Gasteiger partial charge in [-0.25, -0.2) is 4.39 Å². The molecule has 7 nitrogen and oxygen atoms in total. The van der Waals surface area contributed by atoms with Crippen molar-refractivity contribution in [1.29, 1.82) is 0 Å². The average molecular weight is 640 g/mol. The number of amides is 2. The van der Waals surface area contributed by atoms with Crippen LogP contribution in [-0.2, 0) is 20.7 Å². The molecule has 1 aliphatic carbocycles. The predicted molar refractivity (Wildman–Crippen MR) is 172 cm³/mol. The van der Waals surface area contributed by atoms with Gasteiger partial charge in [-0.05, 0) is 81.8 Å². The number of aldehydes is 1. The van der Waals surface area contributed by atoms with Gasteiger partial charge in [-0.1, -0.05) is 36.2 Å². The van der Waals surface area contributed by atoms with Gasteiger partial charge in [-0.15, -0.1) is 11.3 Å². The molecule has 2 amide bonds. The van der Waals surface area contributed by atoms with Gasteiger partial charge in [0, 0.05) is 34.0 Å². The molecule has 10 heteroatoms. The molecular formula is C34H39ClFN3O4S. The van der Waals surface area contributed by atoms with Crippen LogP contribution in [0.1, 0.15) is 67.3 Å². The van der Waals surface area contributed by atoms with Crippen LogP contribution in [0.2, 0.25) is 5.02 Å². The van der Waals surface area contributed by atoms with E-state index in [1.807, 2.05) is 29.2 Å². The standard InChI is InChI=1S/C34H39ClFN3O4S/c35-29-14-23(30(36)17-31(29)37-34(42)28-21-44-32-7-3-2-6-27(28)32)15-33(41)39-18-24(38-12-4-1-5-13-38)16-25(39)20-43-26-10-8-22(19-40)9-11-26/h2-3,6-7,14,17,19,21-22,24-26H,1,4-5,8-13,15-16,18,20H2,(H,37,42)/t22?,24-,25-,26?/m0/s1. The van der Waals surface area contributed by atoms with Crippen LogP contribution in [0.3, 0.4) is 0 Å². The van der Waals surface area contributed by atoms with Crippen LogP contribution in [0.25, 0.3) is 10.1 Å². The number of hydrogen-bond acceptors (Lipinski definition) is 6. The summed E-state index contributed by atoms with van der Waals surface area (Å²) < 4.78 is 22.7. The third-order valence-corrected chi connectivity index (χ3v) is 10.8. The van der Waals surface area contributed by atoms with Gasteiger partial charge in [0.05, 0.1) is 41.4 Å². The zero-order valence-electron chi connectivity index (χ0n) is 24.8. The first-order chi connectivity index (χ1) is 21.4. The molecule has 3 aromatic rings. The maximum Gasteiger partial charge on any atom is 0.257 e. The van der Waals surface area contributed by atoms with Crippen molar-refractivity contribution >= 4 is 56.8 Å². The van der Waals surface area contributed by atoms with Crippen LogP contribution in [0.4, 0.5) is 10.1 Å². The highest BCUT2D eigenvalue weighted by molar-refractivity contribution is 7.17. The number of ether oxygens (including phenoxy) is 1. The lowest BCUT2D eigenvalue weighted by Crippen LogP contribution is -2.43. The second kappa shape index (κ2) is 14.1. The maximum atomic E-state index is 15.4. The Bertz CT molecular complexity index is 1500. The molecule has 6 rings (SSSR count). The van der Waals surface area contributed by atoms with Gasteiger partial charge in [0.1, 0.15) is 12.1 Å². The molecule has 1 saturated carbocycles. The second-order valence-electron chi connectivity index (χ2n) is 12.4. The number of nitrogens with one attached hydrogen (secondary N) is 1. The zero-order chi connectivity index (χ0) is 30.6. The lowest BCUT2D eigenvalue weighted by Gasteiger charge is -2.32. The SMILES string of the molecule is O=CC1CCC(OC[C@@H]2C[C@H](N3CCCCC3)CN2C(=O)Cc2cc(Cl)c(NC(=O)c3csc4ccccc34)cc2F)CC1. The van der Waals surface area contributed by atoms with E-state index in [1.165, 1.54) is 42.7 Å². The van der Waals surface area contributed by atoms with Crippen molar-refractivity contribution < 1.29 is 23.5 Å². The lowest BCUT2D eigenvalue weighted by atomic mass is 9.88. The first kappa shape index (κ1) is 31.1. The van der Waals surface area contributed by atoms with Crippen molar-refractivity contribution in [1.82, 2.24) is 9.80 Å². The van der Waals surface area contributed by atoms with Crippen molar-refractivity contribution in [3.63, 3.8) is 0 Å². The highest BCUT2D eigenvalue weighted by Gasteiger charge is 2.39. The minimum atomic E-state index is -0.584. The Morgan fingerprint density at radius 3 is 2.64 bits per heavy atom. The molecule has 2 saturated heterocycles. The minimum absolute atomic E-state index is 0.0873. The van der Waals surface area contributed by atoms with E-state index in [0.29, 0.717) is 18.7 Å². The summed E-state index contributed by atoms with van der Waals surface area (Å²) in [4.78, 5) is 42.3. The quantitative estimate of drug-likeness (QED) is 0.263. The number of thiophene rings is 1. The average Bonchev–Trinajstić information content (AvgIpc) is 3.68. The molecule has 0 spiro atoms. The number of hydrogen-bond donors (Lipinski definition) is 1. The summed E-state index contributed by atoms with van der Waals surface area (Å²) in [7, 11) is 0. The molecule has 234 valence electrons. The first-order valence-electron chi connectivity index (χ1n) is 15.8. The molecular weight excluding hydrogens is 601 g/mol. The van der Waals surface area contributed by atoms with Crippen molar-refractivity contribution in [2.45, 2.75) is 76.0 Å². The molecule has 2 atom stereocenters.